The van der Waals surface area contributed by atoms with Crippen LogP contribution < -0.4 is 5.32 Å². The van der Waals surface area contributed by atoms with Crippen LogP contribution in [0, 0.1) is 5.92 Å². The Morgan fingerprint density at radius 3 is 2.63 bits per heavy atom. The molecule has 1 aromatic carbocycles. The average molecular weight is 259 g/mol. The fraction of sp³-hybridized carbons (Fsp3) is 0.529. The molecule has 0 saturated heterocycles. The number of hydrogen-bond donors (Lipinski definition) is 1. The first-order valence-corrected chi connectivity index (χ1v) is 7.39. The van der Waals surface area contributed by atoms with Gasteiger partial charge in [0, 0.05) is 10.9 Å². The van der Waals surface area contributed by atoms with Crippen LogP contribution in [0.4, 0.5) is 0 Å². The van der Waals surface area contributed by atoms with Gasteiger partial charge in [-0.3, -0.25) is 0 Å². The molecule has 0 spiro atoms. The lowest BCUT2D eigenvalue weighted by molar-refractivity contribution is 0.506. The summed E-state index contributed by atoms with van der Waals surface area (Å²) in [5.74, 6) is 1.75. The van der Waals surface area contributed by atoms with Gasteiger partial charge in [-0.15, -0.1) is 0 Å². The Bertz CT molecular complexity index is 539. The molecule has 0 saturated carbocycles. The van der Waals surface area contributed by atoms with E-state index < -0.39 is 0 Å². The summed E-state index contributed by atoms with van der Waals surface area (Å²) in [4.78, 5) is 0. The molecule has 0 atom stereocenters. The third-order valence-electron chi connectivity index (χ3n) is 3.50. The maximum atomic E-state index is 6.04. The van der Waals surface area contributed by atoms with Crippen LogP contribution in [-0.4, -0.2) is 6.54 Å². The van der Waals surface area contributed by atoms with Gasteiger partial charge in [0.05, 0.1) is 6.54 Å². The van der Waals surface area contributed by atoms with E-state index in [2.05, 4.69) is 51.2 Å². The molecule has 0 aliphatic heterocycles. The molecular formula is C17H25NO. The highest BCUT2D eigenvalue weighted by Crippen LogP contribution is 2.29. The largest absolute Gasteiger partial charge is 0.459 e. The van der Waals surface area contributed by atoms with Crippen molar-refractivity contribution in [1.82, 2.24) is 5.32 Å². The second-order valence-electron chi connectivity index (χ2n) is 5.57. The predicted octanol–water partition coefficient (Wildman–Crippen LogP) is 4.30. The third-order valence-corrected chi connectivity index (χ3v) is 3.50. The number of nitrogens with one attached hydrogen (secondary N) is 1. The summed E-state index contributed by atoms with van der Waals surface area (Å²) in [5, 5.41) is 4.68. The normalized spacial score (nSPS) is 11.6. The van der Waals surface area contributed by atoms with Crippen molar-refractivity contribution >= 4 is 11.0 Å². The molecule has 0 radical (unpaired) electrons. The van der Waals surface area contributed by atoms with Crippen molar-refractivity contribution in [3.8, 4) is 0 Å². The summed E-state index contributed by atoms with van der Waals surface area (Å²) in [7, 11) is 0. The van der Waals surface area contributed by atoms with Gasteiger partial charge in [0.1, 0.15) is 11.3 Å². The first-order valence-electron chi connectivity index (χ1n) is 7.39. The highest BCUT2D eigenvalue weighted by atomic mass is 16.3. The molecule has 2 rings (SSSR count). The van der Waals surface area contributed by atoms with E-state index in [0.717, 1.165) is 37.3 Å². The Kier molecular flexibility index (Phi) is 4.65. The maximum Gasteiger partial charge on any atom is 0.134 e. The zero-order valence-electron chi connectivity index (χ0n) is 12.5. The molecule has 1 heterocycles. The molecule has 1 N–H and O–H groups in total. The van der Waals surface area contributed by atoms with Crippen molar-refractivity contribution in [2.24, 2.45) is 5.92 Å². The molecule has 0 amide bonds. The first kappa shape index (κ1) is 14.1. The number of hydrogen-bond acceptors (Lipinski definition) is 2. The van der Waals surface area contributed by atoms with E-state index in [-0.39, 0.29) is 0 Å². The van der Waals surface area contributed by atoms with Crippen molar-refractivity contribution < 1.29 is 4.42 Å². The standard InChI is InChI=1S/C17H25NO/c1-5-13-7-8-16-15(10-13)14(9-12(3)4)17(19-16)11-18-6-2/h7-8,10,12,18H,5-6,9,11H2,1-4H3. The van der Waals surface area contributed by atoms with Crippen molar-refractivity contribution in [3.05, 3.63) is 35.1 Å². The molecule has 0 fully saturated rings. The van der Waals surface area contributed by atoms with Crippen LogP contribution in [0.15, 0.2) is 22.6 Å². The summed E-state index contributed by atoms with van der Waals surface area (Å²) in [5.41, 5.74) is 3.80. The molecule has 0 aliphatic rings. The Morgan fingerprint density at radius 1 is 1.21 bits per heavy atom. The molecule has 1 aromatic heterocycles. The van der Waals surface area contributed by atoms with Gasteiger partial charge in [-0.25, -0.2) is 0 Å². The quantitative estimate of drug-likeness (QED) is 0.836. The van der Waals surface area contributed by atoms with E-state index in [1.54, 1.807) is 0 Å². The molecule has 0 aliphatic carbocycles. The van der Waals surface area contributed by atoms with Gasteiger partial charge in [0.2, 0.25) is 0 Å². The smallest absolute Gasteiger partial charge is 0.134 e. The molecular weight excluding hydrogens is 234 g/mol. The van der Waals surface area contributed by atoms with Gasteiger partial charge in [0.25, 0.3) is 0 Å². The maximum absolute atomic E-state index is 6.04. The zero-order chi connectivity index (χ0) is 13.8. The van der Waals surface area contributed by atoms with Crippen LogP contribution >= 0.6 is 0 Å². The summed E-state index contributed by atoms with van der Waals surface area (Å²) >= 11 is 0. The van der Waals surface area contributed by atoms with E-state index in [1.165, 1.54) is 16.5 Å². The monoisotopic (exact) mass is 259 g/mol. The summed E-state index contributed by atoms with van der Waals surface area (Å²) in [6, 6.07) is 6.58. The lowest BCUT2D eigenvalue weighted by Crippen LogP contribution is -2.12. The Morgan fingerprint density at radius 2 is 2.00 bits per heavy atom. The van der Waals surface area contributed by atoms with Crippen LogP contribution in [0.1, 0.15) is 44.6 Å². The minimum absolute atomic E-state index is 0.645. The summed E-state index contributed by atoms with van der Waals surface area (Å²) in [6.45, 7) is 10.6. The van der Waals surface area contributed by atoms with Crippen molar-refractivity contribution in [3.63, 3.8) is 0 Å². The number of aryl methyl sites for hydroxylation is 1. The fourth-order valence-corrected chi connectivity index (χ4v) is 2.48. The molecule has 2 nitrogen and oxygen atoms in total. The highest BCUT2D eigenvalue weighted by Gasteiger charge is 2.15. The fourth-order valence-electron chi connectivity index (χ4n) is 2.48. The van der Waals surface area contributed by atoms with Gasteiger partial charge >= 0.3 is 0 Å². The minimum Gasteiger partial charge on any atom is -0.459 e. The van der Waals surface area contributed by atoms with Crippen LogP contribution in [0.3, 0.4) is 0 Å². The number of rotatable bonds is 6. The van der Waals surface area contributed by atoms with Crippen LogP contribution in [0.2, 0.25) is 0 Å². The highest BCUT2D eigenvalue weighted by molar-refractivity contribution is 5.83. The molecule has 0 bridgehead atoms. The Hall–Kier alpha value is -1.28. The van der Waals surface area contributed by atoms with Crippen LogP contribution in [0.25, 0.3) is 11.0 Å². The summed E-state index contributed by atoms with van der Waals surface area (Å²) in [6.07, 6.45) is 2.16. The van der Waals surface area contributed by atoms with E-state index in [1.807, 2.05) is 0 Å². The Balaban J connectivity index is 2.47. The molecule has 19 heavy (non-hydrogen) atoms. The van der Waals surface area contributed by atoms with Crippen LogP contribution in [-0.2, 0) is 19.4 Å². The number of benzene rings is 1. The average Bonchev–Trinajstić information content (AvgIpc) is 2.73. The van der Waals surface area contributed by atoms with Gasteiger partial charge in [0.15, 0.2) is 0 Å². The Labute approximate surface area is 116 Å². The van der Waals surface area contributed by atoms with Gasteiger partial charge in [-0.05, 0) is 43.0 Å². The summed E-state index contributed by atoms with van der Waals surface area (Å²) < 4.78 is 6.04. The lowest BCUT2D eigenvalue weighted by atomic mass is 9.98. The molecule has 104 valence electrons. The van der Waals surface area contributed by atoms with E-state index in [9.17, 15) is 0 Å². The van der Waals surface area contributed by atoms with Crippen molar-refractivity contribution in [2.75, 3.05) is 6.54 Å². The van der Waals surface area contributed by atoms with Crippen LogP contribution in [0.5, 0.6) is 0 Å². The SMILES string of the molecule is CCNCc1oc2ccc(CC)cc2c1CC(C)C. The van der Waals surface area contributed by atoms with Gasteiger partial charge in [-0.1, -0.05) is 33.8 Å². The van der Waals surface area contributed by atoms with Crippen molar-refractivity contribution in [1.29, 1.82) is 0 Å². The van der Waals surface area contributed by atoms with Gasteiger partial charge < -0.3 is 9.73 Å². The van der Waals surface area contributed by atoms with E-state index >= 15 is 0 Å². The predicted molar refractivity (Wildman–Crippen MR) is 81.5 cm³/mol. The second kappa shape index (κ2) is 6.25. The minimum atomic E-state index is 0.645. The topological polar surface area (TPSA) is 25.2 Å². The molecule has 2 heteroatoms. The second-order valence-corrected chi connectivity index (χ2v) is 5.57. The van der Waals surface area contributed by atoms with E-state index in [4.69, 9.17) is 4.42 Å². The first-order chi connectivity index (χ1) is 9.15. The lowest BCUT2D eigenvalue weighted by Gasteiger charge is -2.06. The molecule has 0 unspecified atom stereocenters. The zero-order valence-corrected chi connectivity index (χ0v) is 12.5. The van der Waals surface area contributed by atoms with Crippen molar-refractivity contribution in [2.45, 2.75) is 47.1 Å². The third kappa shape index (κ3) is 3.19. The van der Waals surface area contributed by atoms with Gasteiger partial charge in [-0.2, -0.15) is 0 Å². The molecule has 2 aromatic rings. The number of furan rings is 1. The van der Waals surface area contributed by atoms with E-state index in [0.29, 0.717) is 5.92 Å². The number of fused-ring (bicyclic) bond motifs is 1.